The maximum Gasteiger partial charge on any atom is 0.123 e. The minimum Gasteiger partial charge on any atom is -0.486 e. The Balaban J connectivity index is 1.87. The van der Waals surface area contributed by atoms with Crippen LogP contribution in [0.5, 0.6) is 5.75 Å². The van der Waals surface area contributed by atoms with Crippen molar-refractivity contribution in [1.82, 2.24) is 10.6 Å². The fraction of sp³-hybridized carbons (Fsp3) is 0.571. The van der Waals surface area contributed by atoms with Crippen LogP contribution in [0.4, 0.5) is 0 Å². The predicted octanol–water partition coefficient (Wildman–Crippen LogP) is 1.46. The maximum absolute atomic E-state index is 6.27. The highest BCUT2D eigenvalue weighted by Crippen LogP contribution is 2.30. The summed E-state index contributed by atoms with van der Waals surface area (Å²) in [6.45, 7) is 6.25. The average molecular weight is 232 g/mol. The van der Waals surface area contributed by atoms with Gasteiger partial charge < -0.3 is 15.4 Å². The van der Waals surface area contributed by atoms with Crippen LogP contribution >= 0.6 is 0 Å². The molecule has 3 rings (SSSR count). The largest absolute Gasteiger partial charge is 0.486 e. The van der Waals surface area contributed by atoms with Crippen LogP contribution in [0.2, 0.25) is 0 Å². The van der Waals surface area contributed by atoms with Gasteiger partial charge in [0.2, 0.25) is 0 Å². The summed E-state index contributed by atoms with van der Waals surface area (Å²) in [5, 5.41) is 6.78. The van der Waals surface area contributed by atoms with Crippen molar-refractivity contribution in [1.29, 1.82) is 0 Å². The summed E-state index contributed by atoms with van der Waals surface area (Å²) in [7, 11) is 0. The lowest BCUT2D eigenvalue weighted by Gasteiger charge is -2.28. The van der Waals surface area contributed by atoms with E-state index in [0.717, 1.165) is 44.8 Å². The van der Waals surface area contributed by atoms with E-state index in [4.69, 9.17) is 4.74 Å². The van der Waals surface area contributed by atoms with E-state index in [1.807, 2.05) is 0 Å². The number of rotatable bonds is 2. The summed E-state index contributed by atoms with van der Waals surface area (Å²) >= 11 is 0. The van der Waals surface area contributed by atoms with E-state index in [9.17, 15) is 0 Å². The van der Waals surface area contributed by atoms with Crippen LogP contribution in [0.25, 0.3) is 0 Å². The van der Waals surface area contributed by atoms with Crippen LogP contribution in [-0.2, 0) is 13.0 Å². The monoisotopic (exact) mass is 232 g/mol. The third-order valence-corrected chi connectivity index (χ3v) is 3.78. The number of nitrogens with one attached hydrogen (secondary N) is 2. The quantitative estimate of drug-likeness (QED) is 0.810. The third-order valence-electron chi connectivity index (χ3n) is 3.78. The normalized spacial score (nSPS) is 27.8. The topological polar surface area (TPSA) is 33.3 Å². The minimum atomic E-state index is -0.0278. The number of hydrogen-bond donors (Lipinski definition) is 2. The second kappa shape index (κ2) is 4.31. The van der Waals surface area contributed by atoms with Crippen molar-refractivity contribution in [2.45, 2.75) is 31.9 Å². The lowest BCUT2D eigenvalue weighted by molar-refractivity contribution is 0.109. The fourth-order valence-corrected chi connectivity index (χ4v) is 2.74. The molecule has 1 unspecified atom stereocenters. The molecule has 0 aliphatic carbocycles. The molecule has 92 valence electrons. The molecule has 1 atom stereocenters. The summed E-state index contributed by atoms with van der Waals surface area (Å²) in [5.41, 5.74) is 2.77. The van der Waals surface area contributed by atoms with Crippen LogP contribution in [0, 0.1) is 0 Å². The van der Waals surface area contributed by atoms with Crippen LogP contribution in [-0.4, -0.2) is 25.2 Å². The fourth-order valence-electron chi connectivity index (χ4n) is 2.74. The molecule has 1 aromatic carbocycles. The molecule has 1 fully saturated rings. The van der Waals surface area contributed by atoms with Crippen molar-refractivity contribution in [3.05, 3.63) is 29.3 Å². The molecular formula is C14H20N2O. The summed E-state index contributed by atoms with van der Waals surface area (Å²) < 4.78 is 6.27. The van der Waals surface area contributed by atoms with E-state index in [1.165, 1.54) is 11.1 Å². The summed E-state index contributed by atoms with van der Waals surface area (Å²) in [6.07, 6.45) is 2.17. The standard InChI is InChI=1S/C14H20N2O/c1-14(6-8-16-10-14)17-13-4-2-3-11-9-15-7-5-12(11)13/h2-4,15-16H,5-10H2,1H3. The molecule has 0 radical (unpaired) electrons. The summed E-state index contributed by atoms with van der Waals surface area (Å²) in [4.78, 5) is 0. The smallest absolute Gasteiger partial charge is 0.123 e. The third kappa shape index (κ3) is 2.17. The highest BCUT2D eigenvalue weighted by atomic mass is 16.5. The molecule has 0 saturated carbocycles. The number of ether oxygens (including phenoxy) is 1. The van der Waals surface area contributed by atoms with Gasteiger partial charge in [0.25, 0.3) is 0 Å². The zero-order valence-electron chi connectivity index (χ0n) is 10.4. The van der Waals surface area contributed by atoms with Gasteiger partial charge in [-0.1, -0.05) is 12.1 Å². The molecule has 2 aliphatic rings. The first-order valence-corrected chi connectivity index (χ1v) is 6.48. The summed E-state index contributed by atoms with van der Waals surface area (Å²) in [5.74, 6) is 1.09. The zero-order valence-corrected chi connectivity index (χ0v) is 10.4. The van der Waals surface area contributed by atoms with Gasteiger partial charge in [-0.15, -0.1) is 0 Å². The Bertz CT molecular complexity index is 411. The van der Waals surface area contributed by atoms with Crippen molar-refractivity contribution in [2.24, 2.45) is 0 Å². The molecule has 2 aliphatic heterocycles. The van der Waals surface area contributed by atoms with E-state index in [1.54, 1.807) is 0 Å². The Morgan fingerprint density at radius 2 is 2.18 bits per heavy atom. The average Bonchev–Trinajstić information content (AvgIpc) is 2.76. The van der Waals surface area contributed by atoms with E-state index >= 15 is 0 Å². The van der Waals surface area contributed by atoms with Crippen LogP contribution in [0.15, 0.2) is 18.2 Å². The molecular weight excluding hydrogens is 212 g/mol. The Morgan fingerprint density at radius 3 is 3.00 bits per heavy atom. The molecule has 0 bridgehead atoms. The van der Waals surface area contributed by atoms with Crippen molar-refractivity contribution >= 4 is 0 Å². The van der Waals surface area contributed by atoms with Gasteiger partial charge >= 0.3 is 0 Å². The molecule has 1 aromatic rings. The van der Waals surface area contributed by atoms with Gasteiger partial charge in [0.05, 0.1) is 0 Å². The minimum absolute atomic E-state index is 0.0278. The van der Waals surface area contributed by atoms with Gasteiger partial charge in [-0.3, -0.25) is 0 Å². The van der Waals surface area contributed by atoms with E-state index in [2.05, 4.69) is 35.8 Å². The molecule has 2 heterocycles. The van der Waals surface area contributed by atoms with Crippen LogP contribution < -0.4 is 15.4 Å². The van der Waals surface area contributed by atoms with Crippen molar-refractivity contribution < 1.29 is 4.74 Å². The Morgan fingerprint density at radius 1 is 1.24 bits per heavy atom. The highest BCUT2D eigenvalue weighted by Gasteiger charge is 2.31. The number of hydrogen-bond acceptors (Lipinski definition) is 3. The molecule has 3 heteroatoms. The summed E-state index contributed by atoms with van der Waals surface area (Å²) in [6, 6.07) is 6.42. The first kappa shape index (κ1) is 11.1. The van der Waals surface area contributed by atoms with Crippen molar-refractivity contribution in [3.63, 3.8) is 0 Å². The molecule has 0 spiro atoms. The van der Waals surface area contributed by atoms with Gasteiger partial charge in [0.1, 0.15) is 11.4 Å². The second-order valence-electron chi connectivity index (χ2n) is 5.30. The molecule has 3 nitrogen and oxygen atoms in total. The van der Waals surface area contributed by atoms with Crippen molar-refractivity contribution in [3.8, 4) is 5.75 Å². The number of benzene rings is 1. The van der Waals surface area contributed by atoms with Crippen LogP contribution in [0.3, 0.4) is 0 Å². The molecule has 1 saturated heterocycles. The maximum atomic E-state index is 6.27. The Kier molecular flexibility index (Phi) is 2.81. The Labute approximate surface area is 103 Å². The zero-order chi connectivity index (χ0) is 11.7. The first-order valence-electron chi connectivity index (χ1n) is 6.48. The molecule has 0 aromatic heterocycles. The lowest BCUT2D eigenvalue weighted by Crippen LogP contribution is -2.35. The van der Waals surface area contributed by atoms with Gasteiger partial charge in [-0.25, -0.2) is 0 Å². The molecule has 17 heavy (non-hydrogen) atoms. The second-order valence-corrected chi connectivity index (χ2v) is 5.30. The SMILES string of the molecule is CC1(Oc2cccc3c2CCNC3)CCNC1. The van der Waals surface area contributed by atoms with Gasteiger partial charge in [-0.2, -0.15) is 0 Å². The van der Waals surface area contributed by atoms with Crippen molar-refractivity contribution in [2.75, 3.05) is 19.6 Å². The predicted molar refractivity (Wildman–Crippen MR) is 68.4 cm³/mol. The number of fused-ring (bicyclic) bond motifs is 1. The van der Waals surface area contributed by atoms with Gasteiger partial charge in [0, 0.05) is 19.5 Å². The van der Waals surface area contributed by atoms with E-state index in [0.29, 0.717) is 0 Å². The van der Waals surface area contributed by atoms with Gasteiger partial charge in [0.15, 0.2) is 0 Å². The molecule has 0 amide bonds. The highest BCUT2D eigenvalue weighted by molar-refractivity contribution is 5.42. The Hall–Kier alpha value is -1.06. The van der Waals surface area contributed by atoms with E-state index in [-0.39, 0.29) is 5.60 Å². The van der Waals surface area contributed by atoms with Crippen LogP contribution in [0.1, 0.15) is 24.5 Å². The first-order chi connectivity index (χ1) is 8.27. The van der Waals surface area contributed by atoms with E-state index < -0.39 is 0 Å². The molecule has 2 N–H and O–H groups in total. The van der Waals surface area contributed by atoms with Gasteiger partial charge in [-0.05, 0) is 43.6 Å². The lowest BCUT2D eigenvalue weighted by atomic mass is 9.99.